The van der Waals surface area contributed by atoms with Crippen molar-refractivity contribution in [2.24, 2.45) is 0 Å². The molecule has 1 aliphatic rings. The summed E-state index contributed by atoms with van der Waals surface area (Å²) in [7, 11) is 0. The molecule has 5 aromatic rings. The molecule has 1 atom stereocenters. The van der Waals surface area contributed by atoms with Crippen molar-refractivity contribution in [1.82, 2.24) is 14.5 Å². The Morgan fingerprint density at radius 2 is 1.73 bits per heavy atom. The molecule has 1 N–H and O–H groups in total. The van der Waals surface area contributed by atoms with Crippen molar-refractivity contribution in [3.63, 3.8) is 0 Å². The average Bonchev–Trinajstić information content (AvgIpc) is 3.52. The first kappa shape index (κ1) is 26.0. The third kappa shape index (κ3) is 5.86. The summed E-state index contributed by atoms with van der Waals surface area (Å²) in [6.07, 6.45) is 8.36. The number of hydrogen-bond acceptors (Lipinski definition) is 6. The van der Waals surface area contributed by atoms with Crippen LogP contribution in [0.3, 0.4) is 0 Å². The van der Waals surface area contributed by atoms with Crippen LogP contribution in [0.25, 0.3) is 0 Å². The lowest BCUT2D eigenvalue weighted by atomic mass is 9.89. The SMILES string of the molecule is O=C(Nc1c(O[C@H](Cn2ccnc2)c2ccccc2)ccc2c1CCCC2=O)c1cccnc1Oc1ccccc1. The van der Waals surface area contributed by atoms with Crippen LogP contribution in [0.5, 0.6) is 17.4 Å². The number of ether oxygens (including phenoxy) is 2. The number of carbonyl (C=O) groups excluding carboxylic acids is 2. The Kier molecular flexibility index (Phi) is 7.53. The van der Waals surface area contributed by atoms with Crippen molar-refractivity contribution in [3.05, 3.63) is 132 Å². The predicted octanol–water partition coefficient (Wildman–Crippen LogP) is 6.66. The Bertz CT molecular complexity index is 1650. The number of hydrogen-bond donors (Lipinski definition) is 1. The van der Waals surface area contributed by atoms with Crippen molar-refractivity contribution >= 4 is 17.4 Å². The molecule has 3 aromatic carbocycles. The van der Waals surface area contributed by atoms with Gasteiger partial charge in [0.1, 0.15) is 23.2 Å². The highest BCUT2D eigenvalue weighted by atomic mass is 16.5. The Hall–Kier alpha value is -5.24. The normalized spacial score (nSPS) is 13.2. The topological polar surface area (TPSA) is 95.3 Å². The van der Waals surface area contributed by atoms with Gasteiger partial charge in [-0.05, 0) is 60.4 Å². The summed E-state index contributed by atoms with van der Waals surface area (Å²) in [5.74, 6) is 0.876. The Balaban J connectivity index is 1.37. The molecule has 2 aromatic heterocycles. The number of amides is 1. The van der Waals surface area contributed by atoms with Crippen LogP contribution < -0.4 is 14.8 Å². The highest BCUT2D eigenvalue weighted by molar-refractivity contribution is 6.09. The Morgan fingerprint density at radius 3 is 2.51 bits per heavy atom. The number of carbonyl (C=O) groups is 2. The molecule has 0 bridgehead atoms. The van der Waals surface area contributed by atoms with Crippen LogP contribution in [-0.2, 0) is 13.0 Å². The van der Waals surface area contributed by atoms with E-state index in [0.29, 0.717) is 48.6 Å². The summed E-state index contributed by atoms with van der Waals surface area (Å²) in [6.45, 7) is 0.505. The van der Waals surface area contributed by atoms with Crippen LogP contribution in [-0.4, -0.2) is 26.2 Å². The van der Waals surface area contributed by atoms with E-state index in [4.69, 9.17) is 9.47 Å². The van der Waals surface area contributed by atoms with Gasteiger partial charge in [-0.3, -0.25) is 9.59 Å². The van der Waals surface area contributed by atoms with Crippen molar-refractivity contribution in [2.45, 2.75) is 31.9 Å². The number of pyridine rings is 1. The molecular formula is C33H28N4O4. The molecule has 0 saturated carbocycles. The number of benzene rings is 3. The van der Waals surface area contributed by atoms with E-state index >= 15 is 0 Å². The second-order valence-electron chi connectivity index (χ2n) is 9.74. The number of rotatable bonds is 9. The Morgan fingerprint density at radius 1 is 0.927 bits per heavy atom. The van der Waals surface area contributed by atoms with Crippen LogP contribution in [0.4, 0.5) is 5.69 Å². The minimum atomic E-state index is -0.411. The number of nitrogens with one attached hydrogen (secondary N) is 1. The molecule has 0 saturated heterocycles. The zero-order valence-electron chi connectivity index (χ0n) is 22.3. The lowest BCUT2D eigenvalue weighted by Crippen LogP contribution is -2.21. The maximum absolute atomic E-state index is 13.8. The summed E-state index contributed by atoms with van der Waals surface area (Å²) in [4.78, 5) is 35.1. The minimum Gasteiger partial charge on any atom is -0.482 e. The van der Waals surface area contributed by atoms with Crippen LogP contribution in [0.2, 0.25) is 0 Å². The predicted molar refractivity (Wildman–Crippen MR) is 154 cm³/mol. The van der Waals surface area contributed by atoms with E-state index in [9.17, 15) is 9.59 Å². The zero-order chi connectivity index (χ0) is 28.0. The summed E-state index contributed by atoms with van der Waals surface area (Å²) < 4.78 is 14.5. The smallest absolute Gasteiger partial charge is 0.261 e. The van der Waals surface area contributed by atoms with E-state index in [1.165, 1.54) is 0 Å². The van der Waals surface area contributed by atoms with Gasteiger partial charge < -0.3 is 19.4 Å². The molecule has 0 fully saturated rings. The number of para-hydroxylation sites is 1. The largest absolute Gasteiger partial charge is 0.482 e. The molecule has 8 heteroatoms. The van der Waals surface area contributed by atoms with Gasteiger partial charge in [-0.1, -0.05) is 48.5 Å². The van der Waals surface area contributed by atoms with Crippen molar-refractivity contribution in [2.75, 3.05) is 5.32 Å². The summed E-state index contributed by atoms with van der Waals surface area (Å²) in [6, 6.07) is 26.0. The first-order valence-corrected chi connectivity index (χ1v) is 13.5. The fourth-order valence-electron chi connectivity index (χ4n) is 4.99. The van der Waals surface area contributed by atoms with Crippen molar-refractivity contribution in [3.8, 4) is 17.4 Å². The van der Waals surface area contributed by atoms with Gasteiger partial charge >= 0.3 is 0 Å². The molecule has 0 spiro atoms. The minimum absolute atomic E-state index is 0.0563. The number of aromatic nitrogens is 3. The molecular weight excluding hydrogens is 516 g/mol. The van der Waals surface area contributed by atoms with Gasteiger partial charge in [0.15, 0.2) is 5.78 Å². The molecule has 204 valence electrons. The molecule has 6 rings (SSSR count). The van der Waals surface area contributed by atoms with E-state index in [2.05, 4.69) is 15.3 Å². The summed E-state index contributed by atoms with van der Waals surface area (Å²) in [5.41, 5.74) is 3.10. The first-order valence-electron chi connectivity index (χ1n) is 13.5. The molecule has 8 nitrogen and oxygen atoms in total. The van der Waals surface area contributed by atoms with Crippen LogP contribution in [0, 0.1) is 0 Å². The van der Waals surface area contributed by atoms with Gasteiger partial charge in [-0.2, -0.15) is 0 Å². The molecule has 0 unspecified atom stereocenters. The fraction of sp³-hybridized carbons (Fsp3) is 0.152. The average molecular weight is 545 g/mol. The van der Waals surface area contributed by atoms with E-state index in [-0.39, 0.29) is 23.3 Å². The highest BCUT2D eigenvalue weighted by Crippen LogP contribution is 2.39. The second kappa shape index (κ2) is 11.9. The van der Waals surface area contributed by atoms with Gasteiger partial charge in [0.25, 0.3) is 5.91 Å². The monoisotopic (exact) mass is 544 g/mol. The molecule has 41 heavy (non-hydrogen) atoms. The lowest BCUT2D eigenvalue weighted by Gasteiger charge is -2.26. The van der Waals surface area contributed by atoms with E-state index < -0.39 is 5.91 Å². The molecule has 1 amide bonds. The Labute approximate surface area is 237 Å². The lowest BCUT2D eigenvalue weighted by molar-refractivity contribution is 0.0969. The van der Waals surface area contributed by atoms with Gasteiger partial charge in [-0.25, -0.2) is 9.97 Å². The van der Waals surface area contributed by atoms with Gasteiger partial charge in [0.2, 0.25) is 5.88 Å². The highest BCUT2D eigenvalue weighted by Gasteiger charge is 2.27. The number of imidazole rings is 1. The third-order valence-corrected chi connectivity index (χ3v) is 6.99. The molecule has 2 heterocycles. The second-order valence-corrected chi connectivity index (χ2v) is 9.74. The number of Topliss-reactive ketones (excluding diaryl/α,β-unsaturated/α-hetero) is 1. The first-order chi connectivity index (χ1) is 20.2. The van der Waals surface area contributed by atoms with Gasteiger partial charge in [0, 0.05) is 30.6 Å². The number of anilines is 1. The van der Waals surface area contributed by atoms with E-state index in [0.717, 1.165) is 11.1 Å². The number of ketones is 1. The van der Waals surface area contributed by atoms with Crippen LogP contribution >= 0.6 is 0 Å². The van der Waals surface area contributed by atoms with Crippen molar-refractivity contribution < 1.29 is 19.1 Å². The summed E-state index contributed by atoms with van der Waals surface area (Å²) >= 11 is 0. The van der Waals surface area contributed by atoms with Crippen molar-refractivity contribution in [1.29, 1.82) is 0 Å². The molecule has 1 aliphatic carbocycles. The maximum atomic E-state index is 13.8. The molecule has 0 radical (unpaired) electrons. The van der Waals surface area contributed by atoms with Gasteiger partial charge in [0.05, 0.1) is 18.6 Å². The quantitative estimate of drug-likeness (QED) is 0.223. The van der Waals surface area contributed by atoms with E-state index in [1.807, 2.05) is 59.3 Å². The molecule has 0 aliphatic heterocycles. The zero-order valence-corrected chi connectivity index (χ0v) is 22.3. The maximum Gasteiger partial charge on any atom is 0.261 e. The fourth-order valence-corrected chi connectivity index (χ4v) is 4.99. The standard InChI is InChI=1S/C33H28N4O4/c38-28-15-7-13-26-25(28)16-17-29(41-30(21-37-20-19-34-22-37)23-9-3-1-4-10-23)31(26)36-32(39)27-14-8-18-35-33(27)40-24-11-5-2-6-12-24/h1-6,8-12,14,16-20,22,30H,7,13,15,21H2,(H,36,39)/t30-/m1/s1. The number of nitrogens with zero attached hydrogens (tertiary/aromatic N) is 3. The third-order valence-electron chi connectivity index (χ3n) is 6.99. The van der Waals surface area contributed by atoms with Crippen LogP contribution in [0.1, 0.15) is 50.8 Å². The van der Waals surface area contributed by atoms with Gasteiger partial charge in [-0.15, -0.1) is 0 Å². The number of fused-ring (bicyclic) bond motifs is 1. The van der Waals surface area contributed by atoms with Crippen LogP contribution in [0.15, 0.2) is 110 Å². The summed E-state index contributed by atoms with van der Waals surface area (Å²) in [5, 5.41) is 3.06. The van der Waals surface area contributed by atoms with E-state index in [1.54, 1.807) is 55.1 Å².